The Kier molecular flexibility index (Phi) is 10.0. The number of nitrogens with one attached hydrogen (secondary N) is 1. The van der Waals surface area contributed by atoms with Crippen molar-refractivity contribution in [3.05, 3.63) is 53.1 Å². The van der Waals surface area contributed by atoms with Gasteiger partial charge in [-0.25, -0.2) is 9.59 Å². The lowest BCUT2D eigenvalue weighted by atomic mass is 10.1. The topological polar surface area (TPSA) is 114 Å². The highest BCUT2D eigenvalue weighted by molar-refractivity contribution is 6.27. The van der Waals surface area contributed by atoms with Gasteiger partial charge in [0.2, 0.25) is 5.75 Å². The van der Waals surface area contributed by atoms with E-state index in [1.54, 1.807) is 12.1 Å². The minimum absolute atomic E-state index is 0.0997. The van der Waals surface area contributed by atoms with Crippen LogP contribution in [0.1, 0.15) is 16.7 Å². The Bertz CT molecular complexity index is 805. The Balaban J connectivity index is 0.000000656. The lowest BCUT2D eigenvalue weighted by molar-refractivity contribution is -0.159. The van der Waals surface area contributed by atoms with Crippen molar-refractivity contribution in [2.24, 2.45) is 0 Å². The Morgan fingerprint density at radius 1 is 0.933 bits per heavy atom. The summed E-state index contributed by atoms with van der Waals surface area (Å²) in [6.45, 7) is 0.326. The van der Waals surface area contributed by atoms with E-state index >= 15 is 0 Å². The number of aliphatic carboxylic acids is 2. The number of halogens is 2. The summed E-state index contributed by atoms with van der Waals surface area (Å²) < 4.78 is 39.8. The highest BCUT2D eigenvalue weighted by atomic mass is 19.3. The number of hydrogen-bond donors (Lipinski definition) is 3. The first-order chi connectivity index (χ1) is 14.2. The van der Waals surface area contributed by atoms with E-state index in [4.69, 9.17) is 29.3 Å². The maximum Gasteiger partial charge on any atom is 0.414 e. The summed E-state index contributed by atoms with van der Waals surface area (Å²) in [7, 11) is 2.80. The maximum absolute atomic E-state index is 12.5. The van der Waals surface area contributed by atoms with Gasteiger partial charge in [-0.15, -0.1) is 0 Å². The number of methoxy groups -OCH3 is 2. The van der Waals surface area contributed by atoms with Crippen LogP contribution in [0.5, 0.6) is 17.2 Å². The third-order valence-electron chi connectivity index (χ3n) is 3.69. The number of aryl methyl sites for hydroxylation is 1. The predicted molar refractivity (Wildman–Crippen MR) is 103 cm³/mol. The Hall–Kier alpha value is -3.40. The van der Waals surface area contributed by atoms with E-state index in [9.17, 15) is 8.78 Å². The molecule has 10 heteroatoms. The van der Waals surface area contributed by atoms with E-state index in [1.807, 2.05) is 6.92 Å². The van der Waals surface area contributed by atoms with Crippen molar-refractivity contribution < 1.29 is 42.8 Å². The van der Waals surface area contributed by atoms with Gasteiger partial charge in [-0.1, -0.05) is 29.8 Å². The summed E-state index contributed by atoms with van der Waals surface area (Å²) >= 11 is 0. The molecule has 0 amide bonds. The van der Waals surface area contributed by atoms with Crippen molar-refractivity contribution >= 4 is 11.9 Å². The average Bonchev–Trinajstić information content (AvgIpc) is 2.70. The van der Waals surface area contributed by atoms with Crippen LogP contribution in [-0.2, 0) is 22.7 Å². The molecule has 8 nitrogen and oxygen atoms in total. The molecular weight excluding hydrogens is 404 g/mol. The van der Waals surface area contributed by atoms with Crippen molar-refractivity contribution in [1.82, 2.24) is 5.32 Å². The smallest absolute Gasteiger partial charge is 0.414 e. The van der Waals surface area contributed by atoms with Gasteiger partial charge >= 0.3 is 18.6 Å². The highest BCUT2D eigenvalue weighted by Gasteiger charge is 2.18. The monoisotopic (exact) mass is 427 g/mol. The third-order valence-corrected chi connectivity index (χ3v) is 3.69. The molecule has 2 rings (SSSR count). The van der Waals surface area contributed by atoms with Gasteiger partial charge in [-0.3, -0.25) is 0 Å². The number of rotatable bonds is 8. The van der Waals surface area contributed by atoms with Gasteiger partial charge < -0.3 is 29.7 Å². The fourth-order valence-corrected chi connectivity index (χ4v) is 2.30. The van der Waals surface area contributed by atoms with Crippen LogP contribution in [0.15, 0.2) is 36.4 Å². The number of carboxylic acid groups (broad SMARTS) is 2. The van der Waals surface area contributed by atoms with Crippen molar-refractivity contribution in [2.75, 3.05) is 14.2 Å². The molecule has 0 aliphatic rings. The lowest BCUT2D eigenvalue weighted by Gasteiger charge is -2.16. The summed E-state index contributed by atoms with van der Waals surface area (Å²) in [6, 6.07) is 11.5. The van der Waals surface area contributed by atoms with Crippen LogP contribution in [0.25, 0.3) is 0 Å². The second-order valence-electron chi connectivity index (χ2n) is 5.91. The second-order valence-corrected chi connectivity index (χ2v) is 5.91. The molecule has 0 aromatic heterocycles. The van der Waals surface area contributed by atoms with E-state index in [2.05, 4.69) is 34.3 Å². The molecule has 0 spiro atoms. The molecule has 3 N–H and O–H groups in total. The maximum atomic E-state index is 12.5. The zero-order chi connectivity index (χ0) is 22.7. The van der Waals surface area contributed by atoms with Crippen molar-refractivity contribution in [1.29, 1.82) is 0 Å². The van der Waals surface area contributed by atoms with Gasteiger partial charge in [0.05, 0.1) is 14.2 Å². The van der Waals surface area contributed by atoms with Crippen molar-refractivity contribution in [2.45, 2.75) is 26.6 Å². The average molecular weight is 427 g/mol. The van der Waals surface area contributed by atoms with Gasteiger partial charge in [0, 0.05) is 13.1 Å². The molecule has 0 saturated carbocycles. The van der Waals surface area contributed by atoms with Crippen LogP contribution in [0.2, 0.25) is 0 Å². The Labute approximate surface area is 172 Å². The van der Waals surface area contributed by atoms with Crippen LogP contribution in [0.3, 0.4) is 0 Å². The van der Waals surface area contributed by atoms with Gasteiger partial charge in [0.1, 0.15) is 0 Å². The second kappa shape index (κ2) is 12.2. The fourth-order valence-electron chi connectivity index (χ4n) is 2.30. The number of alkyl halides is 2. The van der Waals surface area contributed by atoms with Crippen molar-refractivity contribution in [3.8, 4) is 17.2 Å². The van der Waals surface area contributed by atoms with Crippen LogP contribution >= 0.6 is 0 Å². The Morgan fingerprint density at radius 2 is 1.40 bits per heavy atom. The van der Waals surface area contributed by atoms with E-state index in [0.29, 0.717) is 13.1 Å². The van der Waals surface area contributed by atoms with Gasteiger partial charge in [0.15, 0.2) is 11.5 Å². The van der Waals surface area contributed by atoms with Crippen LogP contribution in [-0.4, -0.2) is 43.0 Å². The quantitative estimate of drug-likeness (QED) is 0.551. The first-order valence-corrected chi connectivity index (χ1v) is 8.60. The summed E-state index contributed by atoms with van der Waals surface area (Å²) in [4.78, 5) is 18.2. The lowest BCUT2D eigenvalue weighted by Crippen LogP contribution is -2.13. The van der Waals surface area contributed by atoms with Gasteiger partial charge in [0.25, 0.3) is 0 Å². The molecule has 0 aliphatic heterocycles. The standard InChI is InChI=1S/C18H21F2NO3.C2H2O4/c1-12-4-6-13(7-5-12)10-21-11-14-8-15(22-2)17(24-18(19)20)16(9-14)23-3;3-1(4)2(5)6/h4-9,18,21H,10-11H2,1-3H3;(H,3,4)(H,5,6). The molecule has 0 saturated heterocycles. The summed E-state index contributed by atoms with van der Waals surface area (Å²) in [5.74, 6) is -3.33. The van der Waals surface area contributed by atoms with E-state index in [0.717, 1.165) is 11.1 Å². The molecule has 0 heterocycles. The molecule has 2 aromatic carbocycles. The van der Waals surface area contributed by atoms with Crippen LogP contribution in [0.4, 0.5) is 8.78 Å². The number of carboxylic acids is 2. The molecule has 0 unspecified atom stereocenters. The largest absolute Gasteiger partial charge is 0.493 e. The number of ether oxygens (including phenoxy) is 3. The highest BCUT2D eigenvalue weighted by Crippen LogP contribution is 2.39. The molecule has 164 valence electrons. The van der Waals surface area contributed by atoms with E-state index in [1.165, 1.54) is 19.8 Å². The molecule has 0 atom stereocenters. The first-order valence-electron chi connectivity index (χ1n) is 8.60. The Morgan fingerprint density at radius 3 is 1.80 bits per heavy atom. The number of carbonyl (C=O) groups is 2. The normalized spacial score (nSPS) is 10.1. The molecular formula is C20H23F2NO7. The van der Waals surface area contributed by atoms with Crippen LogP contribution < -0.4 is 19.5 Å². The first kappa shape index (κ1) is 24.6. The fraction of sp³-hybridized carbons (Fsp3) is 0.300. The molecule has 0 bridgehead atoms. The summed E-state index contributed by atoms with van der Waals surface area (Å²) in [5, 5.41) is 18.1. The molecule has 0 aliphatic carbocycles. The number of hydrogen-bond acceptors (Lipinski definition) is 6. The minimum Gasteiger partial charge on any atom is -0.493 e. The minimum atomic E-state index is -2.95. The molecule has 0 radical (unpaired) electrons. The molecule has 2 aromatic rings. The summed E-state index contributed by atoms with van der Waals surface area (Å²) in [5.41, 5.74) is 3.22. The van der Waals surface area contributed by atoms with E-state index in [-0.39, 0.29) is 17.2 Å². The predicted octanol–water partition coefficient (Wildman–Crippen LogP) is 3.06. The van der Waals surface area contributed by atoms with Crippen LogP contribution in [0, 0.1) is 6.92 Å². The van der Waals surface area contributed by atoms with E-state index < -0.39 is 18.6 Å². The SMILES string of the molecule is COc1cc(CNCc2ccc(C)cc2)cc(OC)c1OC(F)F.O=C(O)C(=O)O. The zero-order valence-electron chi connectivity index (χ0n) is 16.6. The van der Waals surface area contributed by atoms with Gasteiger partial charge in [-0.2, -0.15) is 8.78 Å². The van der Waals surface area contributed by atoms with Gasteiger partial charge in [-0.05, 0) is 30.2 Å². The van der Waals surface area contributed by atoms with Crippen molar-refractivity contribution in [3.63, 3.8) is 0 Å². The zero-order valence-corrected chi connectivity index (χ0v) is 16.6. The third kappa shape index (κ3) is 8.31. The summed E-state index contributed by atoms with van der Waals surface area (Å²) in [6.07, 6.45) is 0. The molecule has 0 fully saturated rings. The number of benzene rings is 2. The molecule has 30 heavy (non-hydrogen) atoms.